The van der Waals surface area contributed by atoms with Crippen molar-refractivity contribution < 1.29 is 5.11 Å². The van der Waals surface area contributed by atoms with E-state index in [1.165, 1.54) is 0 Å². The summed E-state index contributed by atoms with van der Waals surface area (Å²) in [5.74, 6) is 0. The third-order valence-corrected chi connectivity index (χ3v) is 17.1. The first-order chi connectivity index (χ1) is 8.66. The van der Waals surface area contributed by atoms with Crippen molar-refractivity contribution >= 4 is 24.0 Å². The molecule has 0 radical (unpaired) electrons. The molecule has 0 heterocycles. The van der Waals surface area contributed by atoms with E-state index in [4.69, 9.17) is 0 Å². The summed E-state index contributed by atoms with van der Waals surface area (Å²) in [4.78, 5) is 0. The van der Waals surface area contributed by atoms with Crippen molar-refractivity contribution in [2.75, 3.05) is 0 Å². The highest BCUT2D eigenvalue weighted by molar-refractivity contribution is 9.10. The van der Waals surface area contributed by atoms with Crippen molar-refractivity contribution in [2.24, 2.45) is 10.8 Å². The zero-order valence-electron chi connectivity index (χ0n) is 14.1. The molecule has 0 saturated heterocycles. The lowest BCUT2D eigenvalue weighted by Gasteiger charge is -2.43. The third-order valence-electron chi connectivity index (χ3n) is 6.31. The third kappa shape index (κ3) is 1.63. The maximum atomic E-state index is 11.4. The van der Waals surface area contributed by atoms with Crippen molar-refractivity contribution in [3.63, 3.8) is 0 Å². The van der Waals surface area contributed by atoms with Gasteiger partial charge in [0.05, 0.1) is 12.0 Å². The van der Waals surface area contributed by atoms with Crippen molar-refractivity contribution in [2.45, 2.75) is 69.2 Å². The van der Waals surface area contributed by atoms with Crippen molar-refractivity contribution in [1.82, 2.24) is 0 Å². The van der Waals surface area contributed by atoms with Gasteiger partial charge < -0.3 is 5.11 Å². The Labute approximate surface area is 133 Å². The predicted molar refractivity (Wildman–Crippen MR) is 94.0 cm³/mol. The Morgan fingerprint density at radius 1 is 0.950 bits per heavy atom. The molecule has 3 unspecified atom stereocenters. The first-order valence-electron chi connectivity index (χ1n) is 7.48. The van der Waals surface area contributed by atoms with Crippen LogP contribution in [0.1, 0.15) is 41.5 Å². The zero-order chi connectivity index (χ0) is 15.8. The van der Waals surface area contributed by atoms with Gasteiger partial charge in [-0.2, -0.15) is 0 Å². The number of fused-ring (bicyclic) bond motifs is 1. The molecule has 0 aromatic heterocycles. The standard InChI is InChI=1S/C17H29BrOSi/c1-13(2,3)20(7,8)17(18)15(6)11-9-14(4,5)10-12-16(15,17)19/h9-12,19H,1-8H3. The van der Waals surface area contributed by atoms with Crippen molar-refractivity contribution in [3.8, 4) is 0 Å². The van der Waals surface area contributed by atoms with Gasteiger partial charge in [-0.1, -0.05) is 94.9 Å². The highest BCUT2D eigenvalue weighted by atomic mass is 79.9. The Hall–Kier alpha value is 0.137. The Morgan fingerprint density at radius 2 is 1.40 bits per heavy atom. The molecule has 3 atom stereocenters. The quantitative estimate of drug-likeness (QED) is 0.395. The van der Waals surface area contributed by atoms with E-state index in [-0.39, 0.29) is 19.8 Å². The molecule has 2 rings (SSSR count). The molecule has 1 nitrogen and oxygen atoms in total. The van der Waals surface area contributed by atoms with Crippen LogP contribution < -0.4 is 0 Å². The van der Waals surface area contributed by atoms with E-state index >= 15 is 0 Å². The molecule has 0 bridgehead atoms. The van der Waals surface area contributed by atoms with Gasteiger partial charge in [0, 0.05) is 10.8 Å². The number of alkyl halides is 1. The van der Waals surface area contributed by atoms with Gasteiger partial charge >= 0.3 is 0 Å². The highest BCUT2D eigenvalue weighted by Crippen LogP contribution is 2.78. The van der Waals surface area contributed by atoms with Gasteiger partial charge in [0.2, 0.25) is 0 Å². The van der Waals surface area contributed by atoms with Crippen molar-refractivity contribution in [3.05, 3.63) is 24.3 Å². The van der Waals surface area contributed by atoms with Gasteiger partial charge in [-0.05, 0) is 5.04 Å². The number of allylic oxidation sites excluding steroid dienone is 2. The van der Waals surface area contributed by atoms with Crippen LogP contribution in [0.4, 0.5) is 0 Å². The van der Waals surface area contributed by atoms with E-state index in [1.54, 1.807) is 0 Å². The molecule has 0 spiro atoms. The lowest BCUT2D eigenvalue weighted by atomic mass is 9.92. The van der Waals surface area contributed by atoms with Crippen LogP contribution in [0.5, 0.6) is 0 Å². The van der Waals surface area contributed by atoms with Crippen LogP contribution >= 0.6 is 15.9 Å². The minimum absolute atomic E-state index is 0.0213. The molecular weight excluding hydrogens is 328 g/mol. The Kier molecular flexibility index (Phi) is 3.23. The number of aliphatic hydroxyl groups is 1. The number of hydrogen-bond acceptors (Lipinski definition) is 1. The molecule has 1 N–H and O–H groups in total. The molecule has 3 heteroatoms. The molecule has 0 aromatic rings. The van der Waals surface area contributed by atoms with Crippen molar-refractivity contribution in [1.29, 1.82) is 0 Å². The maximum Gasteiger partial charge on any atom is 0.106 e. The number of halogens is 1. The van der Waals surface area contributed by atoms with E-state index < -0.39 is 13.7 Å². The van der Waals surface area contributed by atoms with Gasteiger partial charge in [0.25, 0.3) is 0 Å². The van der Waals surface area contributed by atoms with Gasteiger partial charge in [0.15, 0.2) is 0 Å². The minimum atomic E-state index is -1.77. The molecule has 1 fully saturated rings. The highest BCUT2D eigenvalue weighted by Gasteiger charge is 2.87. The molecule has 0 aromatic carbocycles. The number of rotatable bonds is 1. The molecule has 0 aliphatic heterocycles. The largest absolute Gasteiger partial charge is 0.384 e. The average molecular weight is 357 g/mol. The van der Waals surface area contributed by atoms with Crippen LogP contribution in [0, 0.1) is 10.8 Å². The first kappa shape index (κ1) is 16.5. The van der Waals surface area contributed by atoms with Crippen LogP contribution in [0.3, 0.4) is 0 Å². The van der Waals surface area contributed by atoms with Crippen LogP contribution in [0.2, 0.25) is 18.1 Å². The van der Waals surface area contributed by atoms with Crippen LogP contribution in [-0.2, 0) is 0 Å². The molecular formula is C17H29BrOSi. The number of hydrogen-bond donors (Lipinski definition) is 1. The fourth-order valence-corrected chi connectivity index (χ4v) is 10.2. The second kappa shape index (κ2) is 3.91. The summed E-state index contributed by atoms with van der Waals surface area (Å²) in [6.45, 7) is 18.3. The summed E-state index contributed by atoms with van der Waals surface area (Å²) in [6.07, 6.45) is 8.72. The Morgan fingerprint density at radius 3 is 1.85 bits per heavy atom. The second-order valence-electron chi connectivity index (χ2n) is 8.99. The molecule has 114 valence electrons. The molecule has 2 aliphatic carbocycles. The van der Waals surface area contributed by atoms with Crippen LogP contribution in [-0.4, -0.2) is 22.7 Å². The SMILES string of the molecule is CC1(C)C=CC2(C)C(O)(C=C1)C2(Br)[Si](C)(C)C(C)(C)C. The van der Waals surface area contributed by atoms with Crippen LogP contribution in [0.15, 0.2) is 24.3 Å². The molecule has 2 aliphatic rings. The summed E-state index contributed by atoms with van der Waals surface area (Å²) >= 11 is 4.03. The summed E-state index contributed by atoms with van der Waals surface area (Å²) in [5, 5.41) is 11.6. The fraction of sp³-hybridized carbons (Fsp3) is 0.765. The monoisotopic (exact) mass is 356 g/mol. The molecule has 0 amide bonds. The second-order valence-corrected chi connectivity index (χ2v) is 16.4. The summed E-state index contributed by atoms with van der Waals surface area (Å²) in [6, 6.07) is 0. The summed E-state index contributed by atoms with van der Waals surface area (Å²) in [5.41, 5.74) is -0.964. The van der Waals surface area contributed by atoms with Gasteiger partial charge in [-0.25, -0.2) is 0 Å². The average Bonchev–Trinajstić information content (AvgIpc) is 2.70. The van der Waals surface area contributed by atoms with Gasteiger partial charge in [0.1, 0.15) is 5.60 Å². The van der Waals surface area contributed by atoms with E-state index in [0.717, 1.165) is 0 Å². The maximum absolute atomic E-state index is 11.4. The summed E-state index contributed by atoms with van der Waals surface area (Å²) in [7, 11) is -1.77. The first-order valence-corrected chi connectivity index (χ1v) is 11.3. The normalized spacial score (nSPS) is 43.1. The topological polar surface area (TPSA) is 20.2 Å². The van der Waals surface area contributed by atoms with Gasteiger partial charge in [-0.15, -0.1) is 0 Å². The molecule has 1 saturated carbocycles. The van der Waals surface area contributed by atoms with E-state index in [2.05, 4.69) is 94.9 Å². The van der Waals surface area contributed by atoms with E-state index in [9.17, 15) is 5.11 Å². The minimum Gasteiger partial charge on any atom is -0.384 e. The Bertz CT molecular complexity index is 470. The van der Waals surface area contributed by atoms with Crippen LogP contribution in [0.25, 0.3) is 0 Å². The Balaban J connectivity index is 2.58. The zero-order valence-corrected chi connectivity index (χ0v) is 16.7. The fourth-order valence-electron chi connectivity index (χ4n) is 3.65. The summed E-state index contributed by atoms with van der Waals surface area (Å²) < 4.78 is -0.207. The molecule has 20 heavy (non-hydrogen) atoms. The van der Waals surface area contributed by atoms with E-state index in [1.807, 2.05) is 0 Å². The lowest BCUT2D eigenvalue weighted by molar-refractivity contribution is 0.166. The predicted octanol–water partition coefficient (Wildman–Crippen LogP) is 5.07. The lowest BCUT2D eigenvalue weighted by Crippen LogP contribution is -2.53. The van der Waals surface area contributed by atoms with Gasteiger partial charge in [-0.3, -0.25) is 0 Å². The van der Waals surface area contributed by atoms with E-state index in [0.29, 0.717) is 0 Å². The smallest absolute Gasteiger partial charge is 0.106 e.